The van der Waals surface area contributed by atoms with E-state index in [-0.39, 0.29) is 6.10 Å². The van der Waals surface area contributed by atoms with Gasteiger partial charge in [0.2, 0.25) is 0 Å². The molecule has 4 nitrogen and oxygen atoms in total. The van der Waals surface area contributed by atoms with Gasteiger partial charge >= 0.3 is 0 Å². The Hall–Kier alpha value is -0.160. The molecule has 0 saturated carbocycles. The van der Waals surface area contributed by atoms with E-state index >= 15 is 0 Å². The van der Waals surface area contributed by atoms with Crippen LogP contribution in [-0.4, -0.2) is 62.2 Å². The number of methoxy groups -OCH3 is 1. The molecule has 0 bridgehead atoms. The van der Waals surface area contributed by atoms with Gasteiger partial charge in [-0.05, 0) is 19.3 Å². The molecule has 2 rings (SSSR count). The Morgan fingerprint density at radius 2 is 2.06 bits per heavy atom. The van der Waals surface area contributed by atoms with Crippen molar-refractivity contribution in [2.45, 2.75) is 31.5 Å². The van der Waals surface area contributed by atoms with Crippen molar-refractivity contribution >= 4 is 0 Å². The van der Waals surface area contributed by atoms with Crippen LogP contribution in [0.3, 0.4) is 0 Å². The molecule has 2 fully saturated rings. The van der Waals surface area contributed by atoms with Gasteiger partial charge in [-0.25, -0.2) is 0 Å². The summed E-state index contributed by atoms with van der Waals surface area (Å²) in [6.45, 7) is 4.57. The summed E-state index contributed by atoms with van der Waals surface area (Å²) in [5.41, 5.74) is 0. The van der Waals surface area contributed by atoms with Gasteiger partial charge in [-0.1, -0.05) is 0 Å². The van der Waals surface area contributed by atoms with Gasteiger partial charge < -0.3 is 19.5 Å². The fourth-order valence-electron chi connectivity index (χ4n) is 2.62. The molecule has 2 atom stereocenters. The Morgan fingerprint density at radius 1 is 1.31 bits per heavy atom. The maximum Gasteiger partial charge on any atom is 0.0624 e. The molecule has 0 aromatic rings. The smallest absolute Gasteiger partial charge is 0.0624 e. The first-order chi connectivity index (χ1) is 7.79. The molecular weight excluding hydrogens is 206 g/mol. The molecule has 0 amide bonds. The van der Waals surface area contributed by atoms with Crippen molar-refractivity contribution < 1.29 is 14.6 Å². The normalized spacial score (nSPS) is 34.1. The fourth-order valence-corrected chi connectivity index (χ4v) is 2.62. The maximum absolute atomic E-state index is 9.87. The third-order valence-electron chi connectivity index (χ3n) is 3.79. The molecular formula is C12H23NO3. The van der Waals surface area contributed by atoms with E-state index in [0.717, 1.165) is 38.9 Å². The van der Waals surface area contributed by atoms with Crippen LogP contribution in [0.15, 0.2) is 0 Å². The molecule has 0 aromatic heterocycles. The molecule has 0 aliphatic carbocycles. The molecule has 0 radical (unpaired) electrons. The highest BCUT2D eigenvalue weighted by Gasteiger charge is 2.27. The predicted octanol–water partition coefficient (Wildman–Crippen LogP) is 0.495. The molecule has 2 heterocycles. The summed E-state index contributed by atoms with van der Waals surface area (Å²) in [5, 5.41) is 9.87. The van der Waals surface area contributed by atoms with Crippen molar-refractivity contribution in [2.75, 3.05) is 40.0 Å². The van der Waals surface area contributed by atoms with Crippen LogP contribution in [0.25, 0.3) is 0 Å². The Balaban J connectivity index is 1.73. The second-order valence-corrected chi connectivity index (χ2v) is 4.93. The summed E-state index contributed by atoms with van der Waals surface area (Å²) in [7, 11) is 1.79. The topological polar surface area (TPSA) is 41.9 Å². The minimum absolute atomic E-state index is 0.172. The van der Waals surface area contributed by atoms with E-state index in [4.69, 9.17) is 9.47 Å². The van der Waals surface area contributed by atoms with Crippen LogP contribution in [0.1, 0.15) is 19.3 Å². The molecule has 94 valence electrons. The highest BCUT2D eigenvalue weighted by molar-refractivity contribution is 4.79. The minimum atomic E-state index is -0.172. The van der Waals surface area contributed by atoms with E-state index in [1.54, 1.807) is 7.11 Å². The number of likely N-dealkylation sites (tertiary alicyclic amines) is 1. The molecule has 16 heavy (non-hydrogen) atoms. The number of aliphatic hydroxyl groups excluding tert-OH is 1. The zero-order valence-electron chi connectivity index (χ0n) is 10.1. The lowest BCUT2D eigenvalue weighted by atomic mass is 9.97. The second-order valence-electron chi connectivity index (χ2n) is 4.93. The maximum atomic E-state index is 9.87. The third-order valence-corrected chi connectivity index (χ3v) is 3.79. The Morgan fingerprint density at radius 3 is 2.69 bits per heavy atom. The van der Waals surface area contributed by atoms with Crippen molar-refractivity contribution in [3.8, 4) is 0 Å². The van der Waals surface area contributed by atoms with E-state index < -0.39 is 0 Å². The predicted molar refractivity (Wildman–Crippen MR) is 61.4 cm³/mol. The first-order valence-corrected chi connectivity index (χ1v) is 6.30. The number of rotatable bonds is 3. The zero-order valence-corrected chi connectivity index (χ0v) is 10.1. The summed E-state index contributed by atoms with van der Waals surface area (Å²) >= 11 is 0. The third kappa shape index (κ3) is 3.17. The van der Waals surface area contributed by atoms with Crippen molar-refractivity contribution in [3.63, 3.8) is 0 Å². The van der Waals surface area contributed by atoms with Crippen molar-refractivity contribution in [1.82, 2.24) is 4.90 Å². The van der Waals surface area contributed by atoms with Crippen LogP contribution >= 0.6 is 0 Å². The molecule has 2 aliphatic heterocycles. The molecule has 0 spiro atoms. The van der Waals surface area contributed by atoms with Gasteiger partial charge in [0, 0.05) is 39.3 Å². The molecule has 4 heteroatoms. The Bertz CT molecular complexity index is 204. The molecule has 2 unspecified atom stereocenters. The summed E-state index contributed by atoms with van der Waals surface area (Å²) in [6, 6.07) is 0. The van der Waals surface area contributed by atoms with Gasteiger partial charge in [0.15, 0.2) is 0 Å². The van der Waals surface area contributed by atoms with E-state index in [9.17, 15) is 5.11 Å². The van der Waals surface area contributed by atoms with Crippen LogP contribution in [0.4, 0.5) is 0 Å². The van der Waals surface area contributed by atoms with Crippen molar-refractivity contribution in [1.29, 1.82) is 0 Å². The summed E-state index contributed by atoms with van der Waals surface area (Å²) in [6.07, 6.45) is 3.28. The number of nitrogens with zero attached hydrogens (tertiary/aromatic N) is 1. The van der Waals surface area contributed by atoms with Gasteiger partial charge in [0.1, 0.15) is 0 Å². The quantitative estimate of drug-likeness (QED) is 0.765. The number of ether oxygens (including phenoxy) is 2. The van der Waals surface area contributed by atoms with Crippen LogP contribution in [0, 0.1) is 5.92 Å². The summed E-state index contributed by atoms with van der Waals surface area (Å²) in [5.74, 6) is 0.299. The van der Waals surface area contributed by atoms with Crippen molar-refractivity contribution in [2.24, 2.45) is 5.92 Å². The average molecular weight is 229 g/mol. The zero-order chi connectivity index (χ0) is 11.4. The van der Waals surface area contributed by atoms with E-state index in [1.807, 2.05) is 0 Å². The van der Waals surface area contributed by atoms with Crippen LogP contribution in [0.2, 0.25) is 0 Å². The first-order valence-electron chi connectivity index (χ1n) is 6.30. The lowest BCUT2D eigenvalue weighted by molar-refractivity contribution is -0.0529. The first kappa shape index (κ1) is 12.3. The van der Waals surface area contributed by atoms with E-state index in [1.165, 1.54) is 0 Å². The second kappa shape index (κ2) is 5.96. The highest BCUT2D eigenvalue weighted by atomic mass is 16.5. The highest BCUT2D eigenvalue weighted by Crippen LogP contribution is 2.19. The number of aliphatic hydroxyl groups is 1. The number of hydrogen-bond donors (Lipinski definition) is 1. The van der Waals surface area contributed by atoms with E-state index in [0.29, 0.717) is 25.2 Å². The lowest BCUT2D eigenvalue weighted by Crippen LogP contribution is -2.44. The van der Waals surface area contributed by atoms with Gasteiger partial charge in [-0.3, -0.25) is 0 Å². The number of hydrogen-bond acceptors (Lipinski definition) is 4. The van der Waals surface area contributed by atoms with Gasteiger partial charge in [-0.2, -0.15) is 0 Å². The lowest BCUT2D eigenvalue weighted by Gasteiger charge is -2.36. The van der Waals surface area contributed by atoms with Gasteiger partial charge in [-0.15, -0.1) is 0 Å². The molecule has 1 N–H and O–H groups in total. The molecule has 2 saturated heterocycles. The van der Waals surface area contributed by atoms with Crippen LogP contribution in [0.5, 0.6) is 0 Å². The SMILES string of the molecule is COC1CCN(CC2COCCC2O)CC1. The van der Waals surface area contributed by atoms with E-state index in [2.05, 4.69) is 4.90 Å². The van der Waals surface area contributed by atoms with Crippen LogP contribution in [-0.2, 0) is 9.47 Å². The standard InChI is InChI=1S/C12H23NO3/c1-15-11-2-5-13(6-3-11)8-10-9-16-7-4-12(10)14/h10-12,14H,2-9H2,1H3. The average Bonchev–Trinajstić information content (AvgIpc) is 2.33. The summed E-state index contributed by atoms with van der Waals surface area (Å²) < 4.78 is 10.8. The minimum Gasteiger partial charge on any atom is -0.393 e. The number of piperidine rings is 1. The molecule has 0 aromatic carbocycles. The molecule has 2 aliphatic rings. The van der Waals surface area contributed by atoms with Gasteiger partial charge in [0.05, 0.1) is 18.8 Å². The largest absolute Gasteiger partial charge is 0.393 e. The Kier molecular flexibility index (Phi) is 4.58. The monoisotopic (exact) mass is 229 g/mol. The van der Waals surface area contributed by atoms with Crippen LogP contribution < -0.4 is 0 Å². The van der Waals surface area contributed by atoms with Crippen molar-refractivity contribution in [3.05, 3.63) is 0 Å². The van der Waals surface area contributed by atoms with Gasteiger partial charge in [0.25, 0.3) is 0 Å². The summed E-state index contributed by atoms with van der Waals surface area (Å²) in [4.78, 5) is 2.43. The Labute approximate surface area is 97.5 Å². The fraction of sp³-hybridized carbons (Fsp3) is 1.00.